The van der Waals surface area contributed by atoms with Crippen molar-refractivity contribution in [3.8, 4) is 0 Å². The van der Waals surface area contributed by atoms with Gasteiger partial charge in [-0.25, -0.2) is 28.4 Å². The van der Waals surface area contributed by atoms with Gasteiger partial charge in [-0.05, 0) is 34.9 Å². The zero-order valence-electron chi connectivity index (χ0n) is 11.8. The van der Waals surface area contributed by atoms with Crippen LogP contribution in [0.1, 0.15) is 13.3 Å². The molecule has 0 rings (SSSR count). The summed E-state index contributed by atoms with van der Waals surface area (Å²) in [5, 5.41) is 7.88. The third-order valence-electron chi connectivity index (χ3n) is 0.224. The molecular formula is C11H28O5Zr. The molecule has 106 valence electrons. The Labute approximate surface area is 127 Å². The molecule has 0 fully saturated rings. The molecule has 0 bridgehead atoms. The van der Waals surface area contributed by atoms with Gasteiger partial charge in [0.2, 0.25) is 0 Å². The van der Waals surface area contributed by atoms with E-state index in [1.54, 1.807) is 0 Å². The van der Waals surface area contributed by atoms with Crippen molar-refractivity contribution >= 4 is 0 Å². The van der Waals surface area contributed by atoms with Crippen LogP contribution in [0.15, 0.2) is 0 Å². The zero-order valence-corrected chi connectivity index (χ0v) is 14.3. The third-order valence-corrected chi connectivity index (χ3v) is 0.224. The molecule has 0 aliphatic heterocycles. The van der Waals surface area contributed by atoms with Crippen molar-refractivity contribution in [2.75, 3.05) is 35.0 Å². The van der Waals surface area contributed by atoms with Gasteiger partial charge < -0.3 is 24.1 Å². The standard InChI is InChI=1S/C3H8O.4C2H5O.Zr/c1-2-3-4;4*1-3-2;/h4H,2-3H2,1H3;4*1H2,2H3;/q;4*-1;+4. The first-order valence-corrected chi connectivity index (χ1v) is 4.31. The average molecular weight is 332 g/mol. The molecule has 5 nitrogen and oxygen atoms in total. The van der Waals surface area contributed by atoms with Crippen molar-refractivity contribution in [1.29, 1.82) is 0 Å². The summed E-state index contributed by atoms with van der Waals surface area (Å²) < 4.78 is 16.0. The van der Waals surface area contributed by atoms with E-state index in [4.69, 9.17) is 5.11 Å². The molecule has 0 aliphatic carbocycles. The van der Waals surface area contributed by atoms with Crippen LogP contribution in [0.5, 0.6) is 0 Å². The van der Waals surface area contributed by atoms with Crippen molar-refractivity contribution in [2.45, 2.75) is 13.3 Å². The first-order chi connectivity index (χ1) is 7.57. The van der Waals surface area contributed by atoms with Crippen molar-refractivity contribution in [2.24, 2.45) is 0 Å². The second kappa shape index (κ2) is 91.9. The molecule has 17 heavy (non-hydrogen) atoms. The van der Waals surface area contributed by atoms with Gasteiger partial charge in [0, 0.05) is 6.61 Å². The largest absolute Gasteiger partial charge is 4.00 e. The van der Waals surface area contributed by atoms with Crippen molar-refractivity contribution < 1.29 is 50.3 Å². The summed E-state index contributed by atoms with van der Waals surface area (Å²) in [5.41, 5.74) is 0. The Balaban J connectivity index is -0.0000000221. The Kier molecular flexibility index (Phi) is 195. The quantitative estimate of drug-likeness (QED) is 0.746. The fraction of sp³-hybridized carbons (Fsp3) is 0.636. The first-order valence-electron chi connectivity index (χ1n) is 4.31. The van der Waals surface area contributed by atoms with E-state index in [1.807, 2.05) is 6.92 Å². The summed E-state index contributed by atoms with van der Waals surface area (Å²) in [6.07, 6.45) is 0.875. The molecule has 0 saturated carbocycles. The topological polar surface area (TPSA) is 57.2 Å². The van der Waals surface area contributed by atoms with E-state index in [1.165, 1.54) is 28.4 Å². The van der Waals surface area contributed by atoms with Gasteiger partial charge in [0.25, 0.3) is 0 Å². The molecule has 0 saturated heterocycles. The van der Waals surface area contributed by atoms with Crippen LogP contribution >= 0.6 is 0 Å². The van der Waals surface area contributed by atoms with Crippen LogP contribution < -0.4 is 0 Å². The smallest absolute Gasteiger partial charge is 0.557 e. The van der Waals surface area contributed by atoms with E-state index in [0.717, 1.165) is 6.42 Å². The Hall–Kier alpha value is 0.683. The van der Waals surface area contributed by atoms with Crippen LogP contribution in [0.2, 0.25) is 0 Å². The van der Waals surface area contributed by atoms with Gasteiger partial charge in [0.1, 0.15) is 0 Å². The average Bonchev–Trinajstić information content (AvgIpc) is 2.22. The van der Waals surface area contributed by atoms with Gasteiger partial charge in [-0.2, -0.15) is 0 Å². The molecule has 0 aromatic rings. The second-order valence-electron chi connectivity index (χ2n) is 1.88. The molecule has 0 radical (unpaired) electrons. The molecule has 0 aromatic heterocycles. The van der Waals surface area contributed by atoms with Gasteiger partial charge >= 0.3 is 26.2 Å². The summed E-state index contributed by atoms with van der Waals surface area (Å²) in [6, 6.07) is 0. The number of ether oxygens (including phenoxy) is 4. The maximum Gasteiger partial charge on any atom is 4.00 e. The van der Waals surface area contributed by atoms with Crippen LogP contribution in [0.25, 0.3) is 0 Å². The summed E-state index contributed by atoms with van der Waals surface area (Å²) in [4.78, 5) is 0. The first kappa shape index (κ1) is 36.1. The minimum Gasteiger partial charge on any atom is -0.557 e. The van der Waals surface area contributed by atoms with Crippen LogP contribution in [0.4, 0.5) is 0 Å². The number of methoxy groups -OCH3 is 4. The predicted octanol–water partition coefficient (Wildman–Crippen LogP) is 2.08. The Bertz CT molecular complexity index is 40.8. The van der Waals surface area contributed by atoms with Crippen molar-refractivity contribution in [3.05, 3.63) is 28.4 Å². The maximum absolute atomic E-state index is 7.88. The molecular weight excluding hydrogens is 303 g/mol. The van der Waals surface area contributed by atoms with Gasteiger partial charge in [-0.1, -0.05) is 6.92 Å². The number of rotatable bonds is 1. The van der Waals surface area contributed by atoms with E-state index >= 15 is 0 Å². The predicted molar refractivity (Wildman–Crippen MR) is 66.8 cm³/mol. The molecule has 0 atom stereocenters. The summed E-state index contributed by atoms with van der Waals surface area (Å²) in [5.74, 6) is 0. The summed E-state index contributed by atoms with van der Waals surface area (Å²) in [6.45, 7) is 2.25. The van der Waals surface area contributed by atoms with Crippen molar-refractivity contribution in [3.63, 3.8) is 0 Å². The molecule has 0 heterocycles. The molecule has 0 spiro atoms. The molecule has 0 amide bonds. The van der Waals surface area contributed by atoms with Gasteiger partial charge in [-0.15, -0.1) is 0 Å². The molecule has 0 aliphatic rings. The van der Waals surface area contributed by atoms with E-state index in [-0.39, 0.29) is 26.2 Å². The third kappa shape index (κ3) is 1270. The van der Waals surface area contributed by atoms with Gasteiger partial charge in [-0.3, -0.25) is 0 Å². The van der Waals surface area contributed by atoms with Crippen LogP contribution in [0.3, 0.4) is 0 Å². The normalized spacial score (nSPS) is 6.00. The van der Waals surface area contributed by atoms with E-state index in [2.05, 4.69) is 47.4 Å². The number of aliphatic hydroxyl groups excluding tert-OH is 1. The van der Waals surface area contributed by atoms with Gasteiger partial charge in [0.15, 0.2) is 0 Å². The molecule has 1 N–H and O–H groups in total. The van der Waals surface area contributed by atoms with Crippen molar-refractivity contribution in [1.82, 2.24) is 0 Å². The summed E-state index contributed by atoms with van der Waals surface area (Å²) in [7, 11) is 18.0. The SMILES string of the molecule is CCCO.[CH2-]OC.[CH2-]OC.[CH2-]OC.[CH2-]OC.[Zr+4]. The zero-order chi connectivity index (χ0) is 14.2. The minimum absolute atomic E-state index is 0. The Morgan fingerprint density at radius 1 is 0.765 bits per heavy atom. The molecule has 6 heteroatoms. The van der Waals surface area contributed by atoms with Crippen LogP contribution in [-0.4, -0.2) is 40.2 Å². The van der Waals surface area contributed by atoms with Crippen LogP contribution in [0, 0.1) is 28.4 Å². The maximum atomic E-state index is 7.88. The fourth-order valence-electron chi connectivity index (χ4n) is 0. The summed E-state index contributed by atoms with van der Waals surface area (Å²) >= 11 is 0. The van der Waals surface area contributed by atoms with E-state index in [9.17, 15) is 0 Å². The Morgan fingerprint density at radius 2 is 0.824 bits per heavy atom. The number of hydrogen-bond donors (Lipinski definition) is 1. The molecule has 0 unspecified atom stereocenters. The van der Waals surface area contributed by atoms with Crippen LogP contribution in [-0.2, 0) is 45.2 Å². The fourth-order valence-corrected chi connectivity index (χ4v) is 0. The van der Waals surface area contributed by atoms with E-state index in [0.29, 0.717) is 6.61 Å². The number of aliphatic hydroxyl groups is 1. The van der Waals surface area contributed by atoms with E-state index < -0.39 is 0 Å². The minimum atomic E-state index is 0. The molecule has 0 aromatic carbocycles. The van der Waals surface area contributed by atoms with Gasteiger partial charge in [0.05, 0.1) is 0 Å². The Morgan fingerprint density at radius 3 is 0.824 bits per heavy atom. The number of hydrogen-bond acceptors (Lipinski definition) is 5. The monoisotopic (exact) mass is 330 g/mol. The second-order valence-corrected chi connectivity index (χ2v) is 1.88.